The topological polar surface area (TPSA) is 190 Å². The molecule has 0 bridgehead atoms. The number of benzene rings is 4. The second-order valence-corrected chi connectivity index (χ2v) is 11.7. The van der Waals surface area contributed by atoms with Gasteiger partial charge in [0.1, 0.15) is 5.75 Å². The summed E-state index contributed by atoms with van der Waals surface area (Å²) < 4.78 is 52.4. The van der Waals surface area contributed by atoms with Crippen LogP contribution in [0.1, 0.15) is 51.5 Å². The molecule has 1 heterocycles. The first-order valence-corrected chi connectivity index (χ1v) is 16.1. The van der Waals surface area contributed by atoms with Gasteiger partial charge in [0, 0.05) is 41.4 Å². The molecule has 13 nitrogen and oxygen atoms in total. The van der Waals surface area contributed by atoms with Crippen molar-refractivity contribution in [2.24, 2.45) is 15.2 Å². The molecule has 0 saturated carbocycles. The monoisotopic (exact) mass is 713 g/mol. The molecule has 52 heavy (non-hydrogen) atoms. The van der Waals surface area contributed by atoms with Crippen LogP contribution in [0.3, 0.4) is 0 Å². The summed E-state index contributed by atoms with van der Waals surface area (Å²) in [5.41, 5.74) is 24.2. The van der Waals surface area contributed by atoms with E-state index in [-0.39, 0.29) is 44.1 Å². The lowest BCUT2D eigenvalue weighted by atomic mass is 9.80. The standard InChI is InChI=1S/C36H34F3N9O4/c37-36(38,39)29-11-5-7-24(19-29)21-42-46-34(50)35(20-26-8-1-2-9-27(26)22-43-47-40)32(31-12-4-3-10-28(31)23-44-48-41)52-33(45-35)25-13-15-30(16-14-25)51-18-6-17-49/h1-5,7-16,19,32,42,49H,6,17-18,20-23H2,(H,46,50)/t32-,35-/m0/s1. The molecule has 0 radical (unpaired) electrons. The van der Waals surface area contributed by atoms with E-state index in [1.54, 1.807) is 72.8 Å². The summed E-state index contributed by atoms with van der Waals surface area (Å²) in [4.78, 5) is 25.4. The highest BCUT2D eigenvalue weighted by atomic mass is 19.4. The van der Waals surface area contributed by atoms with Crippen molar-refractivity contribution in [3.63, 3.8) is 0 Å². The number of nitrogens with one attached hydrogen (secondary N) is 2. The molecule has 3 N–H and O–H groups in total. The number of carbonyl (C=O) groups is 1. The van der Waals surface area contributed by atoms with E-state index in [4.69, 9.17) is 30.6 Å². The van der Waals surface area contributed by atoms with E-state index >= 15 is 0 Å². The van der Waals surface area contributed by atoms with Gasteiger partial charge >= 0.3 is 6.18 Å². The first-order valence-electron chi connectivity index (χ1n) is 16.1. The van der Waals surface area contributed by atoms with E-state index in [0.29, 0.717) is 46.6 Å². The Morgan fingerprint density at radius 1 is 0.923 bits per heavy atom. The van der Waals surface area contributed by atoms with Gasteiger partial charge in [0.2, 0.25) is 5.90 Å². The molecular formula is C36H34F3N9O4. The maximum absolute atomic E-state index is 14.7. The first-order chi connectivity index (χ1) is 25.2. The molecule has 4 aromatic rings. The van der Waals surface area contributed by atoms with Crippen molar-refractivity contribution < 1.29 is 32.5 Å². The van der Waals surface area contributed by atoms with E-state index in [9.17, 15) is 18.0 Å². The Morgan fingerprint density at radius 2 is 1.60 bits per heavy atom. The van der Waals surface area contributed by atoms with Crippen molar-refractivity contribution in [3.8, 4) is 5.75 Å². The van der Waals surface area contributed by atoms with Crippen LogP contribution in [0.4, 0.5) is 13.2 Å². The molecule has 0 spiro atoms. The van der Waals surface area contributed by atoms with Gasteiger partial charge in [0.25, 0.3) is 5.91 Å². The lowest BCUT2D eigenvalue weighted by Crippen LogP contribution is -2.54. The molecule has 1 amide bonds. The van der Waals surface area contributed by atoms with E-state index in [1.165, 1.54) is 12.1 Å². The zero-order valence-electron chi connectivity index (χ0n) is 27.7. The van der Waals surface area contributed by atoms with Gasteiger partial charge in [0.15, 0.2) is 11.6 Å². The molecule has 1 aliphatic rings. The van der Waals surface area contributed by atoms with Crippen molar-refractivity contribution in [2.75, 3.05) is 13.2 Å². The summed E-state index contributed by atoms with van der Waals surface area (Å²) in [5, 5.41) is 16.6. The van der Waals surface area contributed by atoms with Crippen LogP contribution in [0.5, 0.6) is 5.75 Å². The van der Waals surface area contributed by atoms with Crippen molar-refractivity contribution in [1.82, 2.24) is 10.9 Å². The summed E-state index contributed by atoms with van der Waals surface area (Å²) in [6, 6.07) is 25.6. The number of aliphatic hydroxyl groups excluding tert-OH is 1. The number of nitrogens with zero attached hydrogens (tertiary/aromatic N) is 7. The fraction of sp³-hybridized carbons (Fsp3) is 0.278. The second-order valence-electron chi connectivity index (χ2n) is 11.7. The predicted molar refractivity (Wildman–Crippen MR) is 185 cm³/mol. The number of hydrazine groups is 1. The number of ether oxygens (including phenoxy) is 2. The molecule has 268 valence electrons. The van der Waals surface area contributed by atoms with Gasteiger partial charge in [-0.3, -0.25) is 10.2 Å². The van der Waals surface area contributed by atoms with Gasteiger partial charge in [-0.25, -0.2) is 10.4 Å². The Labute approximate surface area is 296 Å². The number of rotatable bonds is 16. The number of halogens is 3. The van der Waals surface area contributed by atoms with E-state index < -0.39 is 29.3 Å². The van der Waals surface area contributed by atoms with E-state index in [0.717, 1.165) is 12.1 Å². The summed E-state index contributed by atoms with van der Waals surface area (Å²) in [5.74, 6) is -0.00603. The van der Waals surface area contributed by atoms with Gasteiger partial charge in [-0.1, -0.05) is 77.0 Å². The number of hydrogen-bond acceptors (Lipinski definition) is 8. The largest absolute Gasteiger partial charge is 0.494 e. The number of alkyl halides is 3. The van der Waals surface area contributed by atoms with Crippen LogP contribution in [0, 0.1) is 0 Å². The maximum Gasteiger partial charge on any atom is 0.416 e. The van der Waals surface area contributed by atoms with Crippen LogP contribution >= 0.6 is 0 Å². The third-order valence-electron chi connectivity index (χ3n) is 8.30. The van der Waals surface area contributed by atoms with Crippen molar-refractivity contribution in [2.45, 2.75) is 50.3 Å². The fourth-order valence-electron chi connectivity index (χ4n) is 5.78. The number of aliphatic hydroxyl groups is 1. The number of aliphatic imine (C=N–C) groups is 1. The van der Waals surface area contributed by atoms with Crippen molar-refractivity contribution in [1.29, 1.82) is 0 Å². The minimum Gasteiger partial charge on any atom is -0.494 e. The van der Waals surface area contributed by atoms with Crippen LogP contribution < -0.4 is 15.6 Å². The average molecular weight is 714 g/mol. The van der Waals surface area contributed by atoms with Crippen LogP contribution in [0.25, 0.3) is 20.9 Å². The predicted octanol–water partition coefficient (Wildman–Crippen LogP) is 7.41. The van der Waals surface area contributed by atoms with E-state index in [2.05, 4.69) is 30.9 Å². The minimum atomic E-state index is -4.54. The maximum atomic E-state index is 14.7. The lowest BCUT2D eigenvalue weighted by Gasteiger charge is -2.32. The fourth-order valence-corrected chi connectivity index (χ4v) is 5.78. The molecule has 2 atom stereocenters. The van der Waals surface area contributed by atoms with Crippen LogP contribution in [-0.4, -0.2) is 35.7 Å². The summed E-state index contributed by atoms with van der Waals surface area (Å²) in [7, 11) is 0. The SMILES string of the molecule is [N-]=[N+]=NCc1ccccc1C[C@]1(C(=O)NNCc2cccc(C(F)(F)F)c2)N=C(c2ccc(OCCCO)cc2)O[C@H]1c1ccccc1CN=[N+]=[N-]. The number of hydrogen-bond donors (Lipinski definition) is 3. The molecule has 4 aromatic carbocycles. The third kappa shape index (κ3) is 8.99. The Kier molecular flexibility index (Phi) is 12.3. The van der Waals surface area contributed by atoms with Crippen LogP contribution in [0.2, 0.25) is 0 Å². The normalized spacial score (nSPS) is 16.5. The highest BCUT2D eigenvalue weighted by Crippen LogP contribution is 2.44. The van der Waals surface area contributed by atoms with Gasteiger partial charge in [-0.05, 0) is 69.2 Å². The second kappa shape index (κ2) is 17.2. The zero-order chi connectivity index (χ0) is 37.0. The van der Waals surface area contributed by atoms with E-state index in [1.807, 2.05) is 0 Å². The zero-order valence-corrected chi connectivity index (χ0v) is 27.7. The first kappa shape index (κ1) is 37.2. The highest BCUT2D eigenvalue weighted by Gasteiger charge is 2.54. The van der Waals surface area contributed by atoms with Gasteiger partial charge in [0.05, 0.1) is 25.3 Å². The smallest absolute Gasteiger partial charge is 0.416 e. The molecule has 0 aromatic heterocycles. The third-order valence-corrected chi connectivity index (χ3v) is 8.30. The Bertz CT molecular complexity index is 2000. The van der Waals surface area contributed by atoms with Crippen molar-refractivity contribution >= 4 is 11.8 Å². The molecule has 5 rings (SSSR count). The molecule has 16 heteroatoms. The molecule has 0 unspecified atom stereocenters. The Morgan fingerprint density at radius 3 is 2.29 bits per heavy atom. The van der Waals surface area contributed by atoms with Gasteiger partial charge in [-0.2, -0.15) is 13.2 Å². The molecule has 1 aliphatic heterocycles. The molecule has 0 saturated heterocycles. The molecule has 0 aliphatic carbocycles. The summed E-state index contributed by atoms with van der Waals surface area (Å²) in [6.45, 7) is 0.0816. The van der Waals surface area contributed by atoms with Crippen LogP contribution in [-0.2, 0) is 41.8 Å². The average Bonchev–Trinajstić information content (AvgIpc) is 3.54. The molecular weight excluding hydrogens is 679 g/mol. The van der Waals surface area contributed by atoms with Crippen molar-refractivity contribution in [3.05, 3.63) is 157 Å². The number of azide groups is 2. The van der Waals surface area contributed by atoms with Crippen LogP contribution in [0.15, 0.2) is 112 Å². The molecule has 0 fully saturated rings. The summed E-state index contributed by atoms with van der Waals surface area (Å²) >= 11 is 0. The number of carbonyl (C=O) groups excluding carboxylic acids is 1. The van der Waals surface area contributed by atoms with Gasteiger partial charge < -0.3 is 14.6 Å². The highest BCUT2D eigenvalue weighted by molar-refractivity contribution is 6.01. The Hall–Kier alpha value is -6.05. The quantitative estimate of drug-likeness (QED) is 0.0358. The number of amides is 1. The summed E-state index contributed by atoms with van der Waals surface area (Å²) in [6.07, 6.45) is -5.25. The lowest BCUT2D eigenvalue weighted by molar-refractivity contribution is -0.137. The Balaban J connectivity index is 1.60. The van der Waals surface area contributed by atoms with Gasteiger partial charge in [-0.15, -0.1) is 0 Å². The minimum absolute atomic E-state index is 0.00845.